The summed E-state index contributed by atoms with van der Waals surface area (Å²) in [5, 5.41) is 2.28. The van der Waals surface area contributed by atoms with Gasteiger partial charge in [-0.15, -0.1) is 0 Å². The van der Waals surface area contributed by atoms with Crippen LogP contribution in [0, 0.1) is 0 Å². The van der Waals surface area contributed by atoms with Crippen LogP contribution in [-0.4, -0.2) is 18.2 Å². The van der Waals surface area contributed by atoms with Crippen molar-refractivity contribution in [2.75, 3.05) is 13.2 Å². The fourth-order valence-corrected chi connectivity index (χ4v) is 1.60. The molecule has 0 spiro atoms. The third-order valence-electron chi connectivity index (χ3n) is 2.23. The van der Waals surface area contributed by atoms with Gasteiger partial charge in [-0.25, -0.2) is 0 Å². The van der Waals surface area contributed by atoms with Crippen molar-refractivity contribution in [1.29, 1.82) is 0 Å². The summed E-state index contributed by atoms with van der Waals surface area (Å²) in [4.78, 5) is 3.07. The lowest BCUT2D eigenvalue weighted by atomic mass is 10.2. The number of aromatic amines is 1. The normalized spacial score (nSPS) is 10.5. The van der Waals surface area contributed by atoms with Crippen LogP contribution in [0.2, 0.25) is 0 Å². The van der Waals surface area contributed by atoms with Crippen LogP contribution in [0.3, 0.4) is 0 Å². The number of nitrogens with one attached hydrogen (secondary N) is 1. The third-order valence-corrected chi connectivity index (χ3v) is 2.23. The zero-order valence-corrected chi connectivity index (χ0v) is 9.04. The van der Waals surface area contributed by atoms with Crippen LogP contribution in [0.5, 0.6) is 11.5 Å². The summed E-state index contributed by atoms with van der Waals surface area (Å²) in [6, 6.07) is 4.00. The minimum atomic E-state index is 0.649. The van der Waals surface area contributed by atoms with Gasteiger partial charge in [0.05, 0.1) is 13.2 Å². The number of ether oxygens (including phenoxy) is 2. The molecule has 3 nitrogen and oxygen atoms in total. The van der Waals surface area contributed by atoms with Gasteiger partial charge in [0.2, 0.25) is 0 Å². The van der Waals surface area contributed by atoms with Gasteiger partial charge >= 0.3 is 0 Å². The molecule has 0 atom stereocenters. The molecule has 1 N–H and O–H groups in total. The molecule has 0 aliphatic heterocycles. The van der Waals surface area contributed by atoms with Crippen LogP contribution >= 0.6 is 0 Å². The van der Waals surface area contributed by atoms with E-state index in [0.29, 0.717) is 13.2 Å². The number of fused-ring (bicyclic) bond motifs is 1. The van der Waals surface area contributed by atoms with Crippen molar-refractivity contribution < 1.29 is 9.47 Å². The maximum atomic E-state index is 5.53. The van der Waals surface area contributed by atoms with E-state index in [9.17, 15) is 0 Å². The second-order valence-electron chi connectivity index (χ2n) is 3.25. The van der Waals surface area contributed by atoms with Gasteiger partial charge in [-0.1, -0.05) is 0 Å². The van der Waals surface area contributed by atoms with Crippen molar-refractivity contribution in [3.05, 3.63) is 24.5 Å². The quantitative estimate of drug-likeness (QED) is 0.832. The van der Waals surface area contributed by atoms with E-state index in [1.54, 1.807) is 0 Å². The maximum absolute atomic E-state index is 5.53. The Morgan fingerprint density at radius 2 is 1.40 bits per heavy atom. The molecule has 0 radical (unpaired) electrons. The van der Waals surface area contributed by atoms with Crippen LogP contribution in [-0.2, 0) is 0 Å². The second kappa shape index (κ2) is 4.26. The molecule has 3 heteroatoms. The van der Waals surface area contributed by atoms with Crippen LogP contribution in [0.15, 0.2) is 24.5 Å². The van der Waals surface area contributed by atoms with Crippen molar-refractivity contribution in [3.8, 4) is 11.5 Å². The van der Waals surface area contributed by atoms with Crippen molar-refractivity contribution in [2.45, 2.75) is 13.8 Å². The van der Waals surface area contributed by atoms with Gasteiger partial charge in [0.15, 0.2) is 11.5 Å². The van der Waals surface area contributed by atoms with Crippen LogP contribution in [0.4, 0.5) is 0 Å². The predicted octanol–water partition coefficient (Wildman–Crippen LogP) is 2.97. The molecule has 0 aliphatic rings. The molecule has 0 bridgehead atoms. The molecule has 0 unspecified atom stereocenters. The molecule has 2 aromatic rings. The van der Waals surface area contributed by atoms with Gasteiger partial charge < -0.3 is 14.5 Å². The summed E-state index contributed by atoms with van der Waals surface area (Å²) < 4.78 is 11.1. The summed E-state index contributed by atoms with van der Waals surface area (Å²) in [7, 11) is 0. The number of benzene rings is 1. The van der Waals surface area contributed by atoms with Crippen LogP contribution < -0.4 is 9.47 Å². The molecule has 1 aromatic heterocycles. The first kappa shape index (κ1) is 9.90. The van der Waals surface area contributed by atoms with E-state index in [2.05, 4.69) is 4.98 Å². The Labute approximate surface area is 89.0 Å². The molecule has 0 amide bonds. The first-order valence-electron chi connectivity index (χ1n) is 5.21. The summed E-state index contributed by atoms with van der Waals surface area (Å²) in [5.41, 5.74) is 0. The Balaban J connectivity index is 2.47. The number of hydrogen-bond acceptors (Lipinski definition) is 2. The first-order chi connectivity index (χ1) is 7.35. The SMILES string of the molecule is CCOc1cc2c[nH]cc2cc1OCC. The molecule has 1 heterocycles. The largest absolute Gasteiger partial charge is 0.490 e. The van der Waals surface area contributed by atoms with Crippen molar-refractivity contribution in [1.82, 2.24) is 4.98 Å². The fraction of sp³-hybridized carbons (Fsp3) is 0.333. The van der Waals surface area contributed by atoms with Crippen molar-refractivity contribution in [2.24, 2.45) is 0 Å². The lowest BCUT2D eigenvalue weighted by Gasteiger charge is -2.10. The summed E-state index contributed by atoms with van der Waals surface area (Å²) in [6.07, 6.45) is 3.90. The molecule has 0 aliphatic carbocycles. The summed E-state index contributed by atoms with van der Waals surface area (Å²) >= 11 is 0. The Hall–Kier alpha value is -1.64. The highest BCUT2D eigenvalue weighted by Gasteiger charge is 2.07. The highest BCUT2D eigenvalue weighted by atomic mass is 16.5. The van der Waals surface area contributed by atoms with Gasteiger partial charge in [0.1, 0.15) is 0 Å². The van der Waals surface area contributed by atoms with Crippen LogP contribution in [0.1, 0.15) is 13.8 Å². The smallest absolute Gasteiger partial charge is 0.161 e. The van der Waals surface area contributed by atoms with E-state index >= 15 is 0 Å². The Bertz CT molecular complexity index is 408. The summed E-state index contributed by atoms with van der Waals surface area (Å²) in [5.74, 6) is 1.62. The lowest BCUT2D eigenvalue weighted by molar-refractivity contribution is 0.288. The van der Waals surface area contributed by atoms with Gasteiger partial charge in [-0.3, -0.25) is 0 Å². The van der Waals surface area contributed by atoms with E-state index in [0.717, 1.165) is 22.3 Å². The van der Waals surface area contributed by atoms with Crippen LogP contribution in [0.25, 0.3) is 10.8 Å². The molecule has 0 saturated heterocycles. The lowest BCUT2D eigenvalue weighted by Crippen LogP contribution is -1.97. The minimum absolute atomic E-state index is 0.649. The Morgan fingerprint density at radius 3 is 1.80 bits per heavy atom. The predicted molar refractivity (Wildman–Crippen MR) is 60.6 cm³/mol. The van der Waals surface area contributed by atoms with E-state index < -0.39 is 0 Å². The average Bonchev–Trinajstić information content (AvgIpc) is 2.66. The molecule has 1 aromatic carbocycles. The van der Waals surface area contributed by atoms with E-state index in [4.69, 9.17) is 9.47 Å². The van der Waals surface area contributed by atoms with Gasteiger partial charge in [0.25, 0.3) is 0 Å². The average molecular weight is 205 g/mol. The van der Waals surface area contributed by atoms with Crippen molar-refractivity contribution >= 4 is 10.8 Å². The molecule has 80 valence electrons. The zero-order valence-electron chi connectivity index (χ0n) is 9.04. The first-order valence-corrected chi connectivity index (χ1v) is 5.21. The third kappa shape index (κ3) is 1.91. The monoisotopic (exact) mass is 205 g/mol. The number of aromatic nitrogens is 1. The number of hydrogen-bond donors (Lipinski definition) is 1. The molecule has 0 fully saturated rings. The molecular formula is C12H15NO2. The molecular weight excluding hydrogens is 190 g/mol. The standard InChI is InChI=1S/C12H15NO2/c1-3-14-11-5-9-7-13-8-10(9)6-12(11)15-4-2/h5-8,13H,3-4H2,1-2H3. The fourth-order valence-electron chi connectivity index (χ4n) is 1.60. The molecule has 15 heavy (non-hydrogen) atoms. The highest BCUT2D eigenvalue weighted by molar-refractivity contribution is 5.85. The Kier molecular flexibility index (Phi) is 2.81. The highest BCUT2D eigenvalue weighted by Crippen LogP contribution is 2.32. The second-order valence-corrected chi connectivity index (χ2v) is 3.25. The zero-order chi connectivity index (χ0) is 10.7. The van der Waals surface area contributed by atoms with Gasteiger partial charge in [0, 0.05) is 23.2 Å². The van der Waals surface area contributed by atoms with Gasteiger partial charge in [-0.2, -0.15) is 0 Å². The van der Waals surface area contributed by atoms with Gasteiger partial charge in [-0.05, 0) is 26.0 Å². The summed E-state index contributed by atoms with van der Waals surface area (Å²) in [6.45, 7) is 5.24. The topological polar surface area (TPSA) is 34.2 Å². The van der Waals surface area contributed by atoms with E-state index in [1.165, 1.54) is 0 Å². The molecule has 0 saturated carbocycles. The van der Waals surface area contributed by atoms with E-state index in [-0.39, 0.29) is 0 Å². The maximum Gasteiger partial charge on any atom is 0.161 e. The molecule has 2 rings (SSSR count). The minimum Gasteiger partial charge on any atom is -0.490 e. The van der Waals surface area contributed by atoms with E-state index in [1.807, 2.05) is 38.4 Å². The van der Waals surface area contributed by atoms with Crippen molar-refractivity contribution in [3.63, 3.8) is 0 Å². The number of rotatable bonds is 4. The Morgan fingerprint density at radius 1 is 0.933 bits per heavy atom. The number of H-pyrrole nitrogens is 1.